The lowest BCUT2D eigenvalue weighted by atomic mass is 10.1. The van der Waals surface area contributed by atoms with Crippen molar-refractivity contribution in [2.45, 2.75) is 0 Å². The maximum atomic E-state index is 11.0. The van der Waals surface area contributed by atoms with E-state index in [1.807, 2.05) is 0 Å². The predicted molar refractivity (Wildman–Crippen MR) is 49.8 cm³/mol. The summed E-state index contributed by atoms with van der Waals surface area (Å²) in [4.78, 5) is 30.8. The fraction of sp³-hybridized carbons (Fsp3) is 0.125. The van der Waals surface area contributed by atoms with Crippen LogP contribution in [0.4, 0.5) is 5.69 Å². The van der Waals surface area contributed by atoms with Gasteiger partial charge in [-0.05, 0) is 12.1 Å². The van der Waals surface area contributed by atoms with Gasteiger partial charge < -0.3 is 4.74 Å². The molecular formula is C8H6N2O5. The minimum Gasteiger partial charge on any atom is -0.490 e. The number of ether oxygens (including phenoxy) is 1. The van der Waals surface area contributed by atoms with E-state index in [1.165, 1.54) is 19.2 Å². The van der Waals surface area contributed by atoms with Crippen LogP contribution in [0, 0.1) is 15.0 Å². The molecule has 0 bridgehead atoms. The van der Waals surface area contributed by atoms with Crippen LogP contribution in [0.1, 0.15) is 10.4 Å². The van der Waals surface area contributed by atoms with Crippen molar-refractivity contribution >= 4 is 11.6 Å². The van der Waals surface area contributed by atoms with Crippen molar-refractivity contribution in [3.63, 3.8) is 0 Å². The zero-order valence-electron chi connectivity index (χ0n) is 7.67. The highest BCUT2D eigenvalue weighted by atomic mass is 16.6. The van der Waals surface area contributed by atoms with Crippen LogP contribution in [0.5, 0.6) is 5.75 Å². The second-order valence-corrected chi connectivity index (χ2v) is 2.51. The van der Waals surface area contributed by atoms with Crippen LogP contribution in [-0.2, 0) is 0 Å². The lowest BCUT2D eigenvalue weighted by Crippen LogP contribution is -2.02. The van der Waals surface area contributed by atoms with Crippen LogP contribution < -0.4 is 4.74 Å². The monoisotopic (exact) mass is 210 g/mol. The Morgan fingerprint density at radius 1 is 1.53 bits per heavy atom. The van der Waals surface area contributed by atoms with Gasteiger partial charge in [0.05, 0.1) is 12.0 Å². The minimum atomic E-state index is -1.19. The number of hydrogen-bond acceptors (Lipinski definition) is 5. The molecule has 0 unspecified atom stereocenters. The Bertz CT molecular complexity index is 429. The van der Waals surface area contributed by atoms with Crippen molar-refractivity contribution in [3.05, 3.63) is 38.8 Å². The molecule has 7 nitrogen and oxygen atoms in total. The number of amides is 1. The summed E-state index contributed by atoms with van der Waals surface area (Å²) in [6.07, 6.45) is 0. The number of benzene rings is 1. The molecule has 0 fully saturated rings. The first kappa shape index (κ1) is 10.8. The van der Waals surface area contributed by atoms with Gasteiger partial charge in [-0.3, -0.25) is 14.9 Å². The summed E-state index contributed by atoms with van der Waals surface area (Å²) in [6.45, 7) is 0. The highest BCUT2D eigenvalue weighted by molar-refractivity contribution is 5.99. The lowest BCUT2D eigenvalue weighted by molar-refractivity contribution is -0.386. The van der Waals surface area contributed by atoms with E-state index in [1.54, 1.807) is 0 Å². The van der Waals surface area contributed by atoms with E-state index in [0.29, 0.717) is 0 Å². The summed E-state index contributed by atoms with van der Waals surface area (Å²) in [7, 11) is 1.23. The number of carbonyl (C=O) groups excluding carboxylic acids is 1. The molecule has 0 aliphatic heterocycles. The Hall–Kier alpha value is -2.31. The van der Waals surface area contributed by atoms with Gasteiger partial charge in [0.25, 0.3) is 0 Å². The number of para-hydroxylation sites is 1. The number of nitro benzene ring substituents is 1. The molecule has 0 saturated carbocycles. The predicted octanol–water partition coefficient (Wildman–Crippen LogP) is 1.51. The Morgan fingerprint density at radius 2 is 2.20 bits per heavy atom. The Labute approximate surface area is 83.8 Å². The molecule has 1 aromatic rings. The van der Waals surface area contributed by atoms with E-state index in [9.17, 15) is 19.8 Å². The van der Waals surface area contributed by atoms with Crippen LogP contribution >= 0.6 is 0 Å². The number of carbonyl (C=O) groups is 1. The molecule has 15 heavy (non-hydrogen) atoms. The largest absolute Gasteiger partial charge is 0.490 e. The van der Waals surface area contributed by atoms with E-state index in [0.717, 1.165) is 6.07 Å². The fourth-order valence-corrected chi connectivity index (χ4v) is 1.10. The van der Waals surface area contributed by atoms with Crippen molar-refractivity contribution in [2.75, 3.05) is 7.11 Å². The molecule has 1 amide bonds. The number of methoxy groups -OCH3 is 1. The normalized spacial score (nSPS) is 9.40. The van der Waals surface area contributed by atoms with Crippen LogP contribution in [0.3, 0.4) is 0 Å². The number of rotatable bonds is 3. The van der Waals surface area contributed by atoms with Gasteiger partial charge in [-0.1, -0.05) is 6.07 Å². The summed E-state index contributed by atoms with van der Waals surface area (Å²) in [6, 6.07) is 3.83. The third kappa shape index (κ3) is 1.96. The van der Waals surface area contributed by atoms with Gasteiger partial charge in [-0.2, -0.15) is 0 Å². The van der Waals surface area contributed by atoms with Crippen LogP contribution in [0.25, 0.3) is 0 Å². The Balaban J connectivity index is 3.44. The third-order valence-corrected chi connectivity index (χ3v) is 1.71. The Kier molecular flexibility index (Phi) is 3.06. The number of nitrogens with zero attached hydrogens (tertiary/aromatic N) is 2. The van der Waals surface area contributed by atoms with E-state index in [-0.39, 0.29) is 11.3 Å². The molecule has 0 saturated heterocycles. The summed E-state index contributed by atoms with van der Waals surface area (Å²) >= 11 is 0. The second-order valence-electron chi connectivity index (χ2n) is 2.51. The standard InChI is InChI=1S/C8H6N2O5/c1-15-6-4-2-3-5(8(11)9-12)7(6)10(13)14/h2-4H,1H3. The van der Waals surface area contributed by atoms with Gasteiger partial charge in [0.15, 0.2) is 5.75 Å². The van der Waals surface area contributed by atoms with E-state index < -0.39 is 16.5 Å². The average Bonchev–Trinajstić information content (AvgIpc) is 2.26. The molecule has 1 aromatic carbocycles. The number of nitro groups is 1. The van der Waals surface area contributed by atoms with Gasteiger partial charge in [0, 0.05) is 5.18 Å². The molecule has 78 valence electrons. The molecule has 0 aliphatic rings. The highest BCUT2D eigenvalue weighted by Gasteiger charge is 2.25. The molecule has 0 N–H and O–H groups in total. The van der Waals surface area contributed by atoms with Crippen molar-refractivity contribution < 1.29 is 14.5 Å². The highest BCUT2D eigenvalue weighted by Crippen LogP contribution is 2.30. The zero-order chi connectivity index (χ0) is 11.4. The zero-order valence-corrected chi connectivity index (χ0v) is 7.67. The van der Waals surface area contributed by atoms with E-state index in [4.69, 9.17) is 4.74 Å². The van der Waals surface area contributed by atoms with Gasteiger partial charge in [0.1, 0.15) is 5.56 Å². The van der Waals surface area contributed by atoms with Gasteiger partial charge in [-0.25, -0.2) is 0 Å². The fourth-order valence-electron chi connectivity index (χ4n) is 1.10. The third-order valence-electron chi connectivity index (χ3n) is 1.71. The van der Waals surface area contributed by atoms with Crippen molar-refractivity contribution in [1.29, 1.82) is 0 Å². The molecule has 0 spiro atoms. The van der Waals surface area contributed by atoms with Crippen molar-refractivity contribution in [1.82, 2.24) is 0 Å². The van der Waals surface area contributed by atoms with E-state index >= 15 is 0 Å². The summed E-state index contributed by atoms with van der Waals surface area (Å²) in [5.74, 6) is -1.28. The maximum absolute atomic E-state index is 11.0. The van der Waals surface area contributed by atoms with Crippen molar-refractivity contribution in [3.8, 4) is 5.75 Å². The van der Waals surface area contributed by atoms with Crippen molar-refractivity contribution in [2.24, 2.45) is 5.18 Å². The molecule has 0 aromatic heterocycles. The van der Waals surface area contributed by atoms with Crippen LogP contribution in [0.15, 0.2) is 23.4 Å². The SMILES string of the molecule is COc1cccc(C(=O)N=O)c1[N+](=O)[O-]. The second kappa shape index (κ2) is 4.27. The molecule has 0 radical (unpaired) electrons. The summed E-state index contributed by atoms with van der Waals surface area (Å²) in [5, 5.41) is 12.8. The molecule has 1 rings (SSSR count). The summed E-state index contributed by atoms with van der Waals surface area (Å²) < 4.78 is 4.70. The molecular weight excluding hydrogens is 204 g/mol. The lowest BCUT2D eigenvalue weighted by Gasteiger charge is -2.02. The van der Waals surface area contributed by atoms with E-state index in [2.05, 4.69) is 5.18 Å². The first-order valence-electron chi connectivity index (χ1n) is 3.81. The van der Waals surface area contributed by atoms with Crippen LogP contribution in [-0.4, -0.2) is 17.9 Å². The van der Waals surface area contributed by atoms with Gasteiger partial charge in [0.2, 0.25) is 0 Å². The quantitative estimate of drug-likeness (QED) is 0.427. The van der Waals surface area contributed by atoms with Crippen LogP contribution in [0.2, 0.25) is 0 Å². The van der Waals surface area contributed by atoms with Gasteiger partial charge >= 0.3 is 11.6 Å². The number of nitroso groups, excluding NO2 is 1. The average molecular weight is 210 g/mol. The molecule has 7 heteroatoms. The molecule has 0 atom stereocenters. The minimum absolute atomic E-state index is 0.0884. The molecule has 0 heterocycles. The molecule has 0 aliphatic carbocycles. The first-order chi connectivity index (χ1) is 7.11. The van der Waals surface area contributed by atoms with Gasteiger partial charge in [-0.15, -0.1) is 4.91 Å². The topological polar surface area (TPSA) is 98.9 Å². The smallest absolute Gasteiger partial charge is 0.323 e. The first-order valence-corrected chi connectivity index (χ1v) is 3.81. The maximum Gasteiger partial charge on any atom is 0.323 e. The number of hydrogen-bond donors (Lipinski definition) is 0. The summed E-state index contributed by atoms with van der Waals surface area (Å²) in [5.41, 5.74) is -0.932. The Morgan fingerprint density at radius 3 is 2.67 bits per heavy atom.